The number of hydrogen-bond acceptors (Lipinski definition) is 2. The molecule has 0 aliphatic rings. The first-order valence-electron chi connectivity index (χ1n) is 5.90. The number of rotatable bonds is 9. The van der Waals surface area contributed by atoms with E-state index in [0.29, 0.717) is 12.8 Å². The third kappa shape index (κ3) is 8.24. The van der Waals surface area contributed by atoms with E-state index < -0.39 is 6.10 Å². The van der Waals surface area contributed by atoms with Crippen molar-refractivity contribution in [2.45, 2.75) is 71.3 Å². The Kier molecular flexibility index (Phi) is 8.95. The van der Waals surface area contributed by atoms with Crippen molar-refractivity contribution in [2.24, 2.45) is 0 Å². The standard InChI is InChI=1S/C12H24O2/c1-3-5-7-9-12(14)10-11(13)8-6-4-2/h11,13H,3-10H2,1-2H3. The second-order valence-electron chi connectivity index (χ2n) is 4.00. The summed E-state index contributed by atoms with van der Waals surface area (Å²) in [4.78, 5) is 11.3. The summed E-state index contributed by atoms with van der Waals surface area (Å²) in [6.45, 7) is 4.22. The normalized spacial score (nSPS) is 12.8. The highest BCUT2D eigenvalue weighted by Gasteiger charge is 2.09. The lowest BCUT2D eigenvalue weighted by Gasteiger charge is -2.08. The maximum Gasteiger partial charge on any atom is 0.135 e. The topological polar surface area (TPSA) is 37.3 Å². The van der Waals surface area contributed by atoms with Gasteiger partial charge in [0, 0.05) is 12.8 Å². The highest BCUT2D eigenvalue weighted by Crippen LogP contribution is 2.08. The molecule has 0 heterocycles. The van der Waals surface area contributed by atoms with Crippen LogP contribution < -0.4 is 0 Å². The molecule has 0 aromatic carbocycles. The van der Waals surface area contributed by atoms with Gasteiger partial charge in [-0.1, -0.05) is 39.5 Å². The van der Waals surface area contributed by atoms with Gasteiger partial charge >= 0.3 is 0 Å². The van der Waals surface area contributed by atoms with Crippen LogP contribution >= 0.6 is 0 Å². The largest absolute Gasteiger partial charge is 0.393 e. The van der Waals surface area contributed by atoms with Gasteiger partial charge in [0.2, 0.25) is 0 Å². The van der Waals surface area contributed by atoms with Crippen molar-refractivity contribution in [2.75, 3.05) is 0 Å². The molecule has 0 spiro atoms. The fourth-order valence-electron chi connectivity index (χ4n) is 1.48. The Bertz CT molecular complexity index is 143. The summed E-state index contributed by atoms with van der Waals surface area (Å²) in [6, 6.07) is 0. The zero-order valence-electron chi connectivity index (χ0n) is 9.59. The Morgan fingerprint density at radius 1 is 1.14 bits per heavy atom. The number of aliphatic hydroxyl groups is 1. The lowest BCUT2D eigenvalue weighted by atomic mass is 10.0. The van der Waals surface area contributed by atoms with E-state index in [2.05, 4.69) is 13.8 Å². The van der Waals surface area contributed by atoms with Gasteiger partial charge in [0.05, 0.1) is 6.10 Å². The summed E-state index contributed by atoms with van der Waals surface area (Å²) < 4.78 is 0. The number of hydrogen-bond donors (Lipinski definition) is 1. The maximum absolute atomic E-state index is 11.3. The molecule has 14 heavy (non-hydrogen) atoms. The summed E-state index contributed by atoms with van der Waals surface area (Å²) >= 11 is 0. The van der Waals surface area contributed by atoms with Crippen molar-refractivity contribution < 1.29 is 9.90 Å². The molecule has 0 saturated heterocycles. The third-order valence-electron chi connectivity index (χ3n) is 2.41. The van der Waals surface area contributed by atoms with Gasteiger partial charge in [-0.2, -0.15) is 0 Å². The quantitative estimate of drug-likeness (QED) is 0.581. The van der Waals surface area contributed by atoms with E-state index in [9.17, 15) is 9.90 Å². The maximum atomic E-state index is 11.3. The molecule has 0 amide bonds. The zero-order valence-corrected chi connectivity index (χ0v) is 9.59. The first-order chi connectivity index (χ1) is 6.70. The summed E-state index contributed by atoms with van der Waals surface area (Å²) in [5.41, 5.74) is 0. The van der Waals surface area contributed by atoms with E-state index in [1.54, 1.807) is 0 Å². The monoisotopic (exact) mass is 200 g/mol. The molecule has 0 aliphatic carbocycles. The average molecular weight is 200 g/mol. The Morgan fingerprint density at radius 2 is 1.79 bits per heavy atom. The van der Waals surface area contributed by atoms with Crippen LogP contribution in [0.15, 0.2) is 0 Å². The molecule has 1 N–H and O–H groups in total. The van der Waals surface area contributed by atoms with Crippen LogP contribution in [0.3, 0.4) is 0 Å². The molecular formula is C12H24O2. The van der Waals surface area contributed by atoms with Crippen LogP contribution in [0, 0.1) is 0 Å². The van der Waals surface area contributed by atoms with Gasteiger partial charge in [0.15, 0.2) is 0 Å². The van der Waals surface area contributed by atoms with Gasteiger partial charge in [-0.3, -0.25) is 4.79 Å². The van der Waals surface area contributed by atoms with Crippen LogP contribution in [0.25, 0.3) is 0 Å². The van der Waals surface area contributed by atoms with Gasteiger partial charge < -0.3 is 5.11 Å². The molecule has 0 saturated carbocycles. The SMILES string of the molecule is CCCCCC(=O)CC(O)CCCC. The van der Waals surface area contributed by atoms with Crippen LogP contribution in [-0.2, 0) is 4.79 Å². The van der Waals surface area contributed by atoms with Gasteiger partial charge in [-0.15, -0.1) is 0 Å². The predicted octanol–water partition coefficient (Wildman–Crippen LogP) is 3.08. The van der Waals surface area contributed by atoms with Crippen LogP contribution in [-0.4, -0.2) is 17.0 Å². The Hall–Kier alpha value is -0.370. The fraction of sp³-hybridized carbons (Fsp3) is 0.917. The number of Topliss-reactive ketones (excluding diaryl/α,β-unsaturated/α-hetero) is 1. The van der Waals surface area contributed by atoms with E-state index in [0.717, 1.165) is 38.5 Å². The molecule has 0 aliphatic heterocycles. The molecule has 2 heteroatoms. The molecule has 0 fully saturated rings. The number of carbonyl (C=O) groups is 1. The minimum Gasteiger partial charge on any atom is -0.393 e. The highest BCUT2D eigenvalue weighted by atomic mass is 16.3. The smallest absolute Gasteiger partial charge is 0.135 e. The number of carbonyl (C=O) groups excluding carboxylic acids is 1. The number of unbranched alkanes of at least 4 members (excludes halogenated alkanes) is 3. The van der Waals surface area contributed by atoms with Crippen molar-refractivity contribution in [1.29, 1.82) is 0 Å². The second kappa shape index (κ2) is 9.20. The molecule has 2 nitrogen and oxygen atoms in total. The average Bonchev–Trinajstić information content (AvgIpc) is 2.15. The van der Waals surface area contributed by atoms with Gasteiger partial charge in [-0.25, -0.2) is 0 Å². The van der Waals surface area contributed by atoms with E-state index in [1.807, 2.05) is 0 Å². The van der Waals surface area contributed by atoms with E-state index in [1.165, 1.54) is 0 Å². The van der Waals surface area contributed by atoms with Crippen LogP contribution in [0.2, 0.25) is 0 Å². The van der Waals surface area contributed by atoms with Crippen molar-refractivity contribution in [3.8, 4) is 0 Å². The molecule has 0 aromatic rings. The van der Waals surface area contributed by atoms with Crippen molar-refractivity contribution >= 4 is 5.78 Å². The van der Waals surface area contributed by atoms with Crippen LogP contribution in [0.4, 0.5) is 0 Å². The number of aliphatic hydroxyl groups excluding tert-OH is 1. The van der Waals surface area contributed by atoms with Crippen molar-refractivity contribution in [3.05, 3.63) is 0 Å². The van der Waals surface area contributed by atoms with E-state index in [-0.39, 0.29) is 5.78 Å². The Morgan fingerprint density at radius 3 is 2.36 bits per heavy atom. The molecule has 0 aromatic heterocycles. The lowest BCUT2D eigenvalue weighted by Crippen LogP contribution is -2.13. The summed E-state index contributed by atoms with van der Waals surface area (Å²) in [5, 5.41) is 9.49. The zero-order chi connectivity index (χ0) is 10.8. The third-order valence-corrected chi connectivity index (χ3v) is 2.41. The predicted molar refractivity (Wildman–Crippen MR) is 59.3 cm³/mol. The molecule has 84 valence electrons. The minimum atomic E-state index is -0.399. The molecule has 0 radical (unpaired) electrons. The molecule has 0 bridgehead atoms. The van der Waals surface area contributed by atoms with Gasteiger partial charge in [0.1, 0.15) is 5.78 Å². The molecular weight excluding hydrogens is 176 g/mol. The van der Waals surface area contributed by atoms with Crippen molar-refractivity contribution in [3.63, 3.8) is 0 Å². The summed E-state index contributed by atoms with van der Waals surface area (Å²) in [5.74, 6) is 0.224. The van der Waals surface area contributed by atoms with Crippen LogP contribution in [0.1, 0.15) is 65.2 Å². The van der Waals surface area contributed by atoms with Gasteiger partial charge in [-0.05, 0) is 12.8 Å². The first kappa shape index (κ1) is 13.6. The fourth-order valence-corrected chi connectivity index (χ4v) is 1.48. The molecule has 1 unspecified atom stereocenters. The van der Waals surface area contributed by atoms with E-state index in [4.69, 9.17) is 0 Å². The Balaban J connectivity index is 3.40. The molecule has 0 rings (SSSR count). The second-order valence-corrected chi connectivity index (χ2v) is 4.00. The van der Waals surface area contributed by atoms with E-state index >= 15 is 0 Å². The van der Waals surface area contributed by atoms with Gasteiger partial charge in [0.25, 0.3) is 0 Å². The first-order valence-corrected chi connectivity index (χ1v) is 5.90. The lowest BCUT2D eigenvalue weighted by molar-refractivity contribution is -0.121. The Labute approximate surface area is 87.7 Å². The summed E-state index contributed by atoms with van der Waals surface area (Å²) in [7, 11) is 0. The molecule has 1 atom stereocenters. The van der Waals surface area contributed by atoms with Crippen LogP contribution in [0.5, 0.6) is 0 Å². The summed E-state index contributed by atoms with van der Waals surface area (Å²) in [6.07, 6.45) is 6.74. The number of ketones is 1. The minimum absolute atomic E-state index is 0.224. The van der Waals surface area contributed by atoms with Crippen molar-refractivity contribution in [1.82, 2.24) is 0 Å². The highest BCUT2D eigenvalue weighted by molar-refractivity contribution is 5.78.